The van der Waals surface area contributed by atoms with Crippen molar-refractivity contribution in [1.29, 1.82) is 0 Å². The third-order valence-corrected chi connectivity index (χ3v) is 3.84. The molecule has 2 aliphatic heterocycles. The number of carbonyl (C=O) groups excluding carboxylic acids is 2. The van der Waals surface area contributed by atoms with E-state index in [1.54, 1.807) is 4.90 Å². The molecule has 96 valence electrons. The highest BCUT2D eigenvalue weighted by Crippen LogP contribution is 2.45. The van der Waals surface area contributed by atoms with Crippen molar-refractivity contribution in [2.24, 2.45) is 23.5 Å². The molecule has 3 fully saturated rings. The van der Waals surface area contributed by atoms with Gasteiger partial charge in [-0.05, 0) is 24.7 Å². The lowest BCUT2D eigenvalue weighted by Crippen LogP contribution is -2.60. The topological polar surface area (TPSA) is 72.6 Å². The number of rotatable bonds is 4. The Labute approximate surface area is 101 Å². The van der Waals surface area contributed by atoms with E-state index in [0.717, 1.165) is 19.3 Å². The first-order valence-electron chi connectivity index (χ1n) is 6.34. The van der Waals surface area contributed by atoms with Crippen LogP contribution in [0.4, 0.5) is 4.79 Å². The molecule has 2 heterocycles. The van der Waals surface area contributed by atoms with Gasteiger partial charge in [0, 0.05) is 19.0 Å². The molecule has 5 heteroatoms. The van der Waals surface area contributed by atoms with Gasteiger partial charge in [0.25, 0.3) is 0 Å². The molecule has 3 atom stereocenters. The molecule has 0 spiro atoms. The van der Waals surface area contributed by atoms with Crippen molar-refractivity contribution in [1.82, 2.24) is 4.90 Å². The fraction of sp³-hybridized carbons (Fsp3) is 0.833. The Kier molecular flexibility index (Phi) is 3.54. The average molecular weight is 240 g/mol. The van der Waals surface area contributed by atoms with Gasteiger partial charge >= 0.3 is 6.09 Å². The van der Waals surface area contributed by atoms with Crippen LogP contribution in [0.2, 0.25) is 0 Å². The summed E-state index contributed by atoms with van der Waals surface area (Å²) >= 11 is 0. The van der Waals surface area contributed by atoms with Crippen molar-refractivity contribution in [2.45, 2.75) is 26.2 Å². The Hall–Kier alpha value is -1.26. The normalized spacial score (nSPS) is 30.6. The number of fused-ring (bicyclic) bond motifs is 2. The lowest BCUT2D eigenvalue weighted by atomic mass is 9.61. The number of nitrogens with zero attached hydrogens (tertiary/aromatic N) is 1. The lowest BCUT2D eigenvalue weighted by molar-refractivity contribution is -0.137. The molecule has 1 aliphatic carbocycles. The first kappa shape index (κ1) is 12.2. The molecule has 2 N–H and O–H groups in total. The number of piperidine rings is 2. The maximum atomic E-state index is 11.7. The van der Waals surface area contributed by atoms with Gasteiger partial charge in [0.15, 0.2) is 0 Å². The van der Waals surface area contributed by atoms with Crippen LogP contribution in [0, 0.1) is 17.8 Å². The van der Waals surface area contributed by atoms with Crippen LogP contribution >= 0.6 is 0 Å². The zero-order chi connectivity index (χ0) is 12.4. The SMILES string of the molecule is CCCCOC(=O)N1C[C@H]2C[C@@H](C1)C2C(N)=O. The van der Waals surface area contributed by atoms with Gasteiger partial charge in [0.1, 0.15) is 0 Å². The van der Waals surface area contributed by atoms with Gasteiger partial charge in [-0.2, -0.15) is 0 Å². The van der Waals surface area contributed by atoms with Gasteiger partial charge < -0.3 is 15.4 Å². The first-order valence-corrected chi connectivity index (χ1v) is 6.34. The van der Waals surface area contributed by atoms with Gasteiger partial charge in [-0.3, -0.25) is 4.79 Å². The van der Waals surface area contributed by atoms with Crippen molar-refractivity contribution in [2.75, 3.05) is 19.7 Å². The Bertz CT molecular complexity index is 307. The number of hydrogen-bond acceptors (Lipinski definition) is 3. The molecule has 3 aliphatic rings. The maximum absolute atomic E-state index is 11.7. The molecule has 2 saturated heterocycles. The van der Waals surface area contributed by atoms with Gasteiger partial charge in [-0.1, -0.05) is 13.3 Å². The minimum absolute atomic E-state index is 0.0188. The summed E-state index contributed by atoms with van der Waals surface area (Å²) < 4.78 is 5.16. The highest BCUT2D eigenvalue weighted by Gasteiger charge is 2.50. The second kappa shape index (κ2) is 4.94. The monoisotopic (exact) mass is 240 g/mol. The van der Waals surface area contributed by atoms with Crippen molar-refractivity contribution in [3.05, 3.63) is 0 Å². The molecule has 17 heavy (non-hydrogen) atoms. The summed E-state index contributed by atoms with van der Waals surface area (Å²) in [6.45, 7) is 3.78. The predicted octanol–water partition coefficient (Wildman–Crippen LogP) is 0.976. The number of carbonyl (C=O) groups is 2. The van der Waals surface area contributed by atoms with Crippen LogP contribution in [0.1, 0.15) is 26.2 Å². The van der Waals surface area contributed by atoms with Crippen LogP contribution in [0.5, 0.6) is 0 Å². The molecule has 5 nitrogen and oxygen atoms in total. The summed E-state index contributed by atoms with van der Waals surface area (Å²) in [7, 11) is 0. The summed E-state index contributed by atoms with van der Waals surface area (Å²) in [5, 5.41) is 0. The van der Waals surface area contributed by atoms with E-state index < -0.39 is 0 Å². The zero-order valence-electron chi connectivity index (χ0n) is 10.2. The van der Waals surface area contributed by atoms with E-state index in [1.165, 1.54) is 0 Å². The molecule has 2 amide bonds. The van der Waals surface area contributed by atoms with Crippen LogP contribution in [0.15, 0.2) is 0 Å². The highest BCUT2D eigenvalue weighted by molar-refractivity contribution is 5.79. The first-order chi connectivity index (χ1) is 8.13. The van der Waals surface area contributed by atoms with Gasteiger partial charge in [0.2, 0.25) is 5.91 Å². The molecular formula is C12H20N2O3. The Morgan fingerprint density at radius 3 is 2.53 bits per heavy atom. The van der Waals surface area contributed by atoms with Gasteiger partial charge in [-0.25, -0.2) is 4.79 Å². The number of hydrogen-bond donors (Lipinski definition) is 1. The standard InChI is InChI=1S/C12H20N2O3/c1-2-3-4-17-12(16)14-6-8-5-9(7-14)10(8)11(13)15/h8-10H,2-7H2,1H3,(H2,13,15)/t8-,9+,10?. The van der Waals surface area contributed by atoms with Crippen molar-refractivity contribution < 1.29 is 14.3 Å². The lowest BCUT2D eigenvalue weighted by Gasteiger charge is -2.51. The van der Waals surface area contributed by atoms with E-state index in [4.69, 9.17) is 10.5 Å². The third kappa shape index (κ3) is 2.37. The minimum Gasteiger partial charge on any atom is -0.449 e. The molecule has 1 unspecified atom stereocenters. The van der Waals surface area contributed by atoms with Gasteiger partial charge in [-0.15, -0.1) is 0 Å². The number of primary amides is 1. The molecule has 0 aromatic carbocycles. The molecule has 1 saturated carbocycles. The Balaban J connectivity index is 1.79. The number of ether oxygens (including phenoxy) is 1. The number of unbranched alkanes of at least 4 members (excludes halogenated alkanes) is 1. The van der Waals surface area contributed by atoms with Crippen LogP contribution < -0.4 is 5.73 Å². The van der Waals surface area contributed by atoms with Crippen molar-refractivity contribution in [3.63, 3.8) is 0 Å². The summed E-state index contributed by atoms with van der Waals surface area (Å²) in [4.78, 5) is 24.6. The number of nitrogens with two attached hydrogens (primary N) is 1. The Morgan fingerprint density at radius 2 is 2.00 bits per heavy atom. The highest BCUT2D eigenvalue weighted by atomic mass is 16.6. The quantitative estimate of drug-likeness (QED) is 0.744. The van der Waals surface area contributed by atoms with Crippen molar-refractivity contribution in [3.8, 4) is 0 Å². The van der Waals surface area contributed by atoms with Crippen LogP contribution in [0.3, 0.4) is 0 Å². The fourth-order valence-corrected chi connectivity index (χ4v) is 2.90. The van der Waals surface area contributed by atoms with Crippen molar-refractivity contribution >= 4 is 12.0 Å². The van der Waals surface area contributed by atoms with E-state index in [-0.39, 0.29) is 29.8 Å². The molecule has 0 radical (unpaired) electrons. The van der Waals surface area contributed by atoms with E-state index in [2.05, 4.69) is 6.92 Å². The molecule has 3 rings (SSSR count). The van der Waals surface area contributed by atoms with E-state index in [9.17, 15) is 9.59 Å². The third-order valence-electron chi connectivity index (χ3n) is 3.84. The molecule has 0 aromatic heterocycles. The maximum Gasteiger partial charge on any atom is 0.409 e. The predicted molar refractivity (Wildman–Crippen MR) is 62.1 cm³/mol. The minimum atomic E-state index is -0.240. The summed E-state index contributed by atoms with van der Waals surface area (Å²) in [6.07, 6.45) is 2.70. The average Bonchev–Trinajstić information content (AvgIpc) is 2.28. The smallest absolute Gasteiger partial charge is 0.409 e. The molecule has 2 bridgehead atoms. The summed E-state index contributed by atoms with van der Waals surface area (Å²) in [6, 6.07) is 0. The van der Waals surface area contributed by atoms with E-state index in [1.807, 2.05) is 0 Å². The van der Waals surface area contributed by atoms with Crippen LogP contribution in [0.25, 0.3) is 0 Å². The van der Waals surface area contributed by atoms with Crippen LogP contribution in [-0.4, -0.2) is 36.6 Å². The second-order valence-electron chi connectivity index (χ2n) is 5.06. The van der Waals surface area contributed by atoms with Crippen LogP contribution in [-0.2, 0) is 9.53 Å². The van der Waals surface area contributed by atoms with Gasteiger partial charge in [0.05, 0.1) is 6.61 Å². The fourth-order valence-electron chi connectivity index (χ4n) is 2.90. The summed E-state index contributed by atoms with van der Waals surface area (Å²) in [5.41, 5.74) is 5.33. The second-order valence-corrected chi connectivity index (χ2v) is 5.06. The molecule has 0 aromatic rings. The zero-order valence-corrected chi connectivity index (χ0v) is 10.2. The number of amides is 2. The van der Waals surface area contributed by atoms with E-state index in [0.29, 0.717) is 19.7 Å². The largest absolute Gasteiger partial charge is 0.449 e. The summed E-state index contributed by atoms with van der Waals surface area (Å²) in [5.74, 6) is 0.273. The van der Waals surface area contributed by atoms with E-state index >= 15 is 0 Å². The Morgan fingerprint density at radius 1 is 1.35 bits per heavy atom. The molecular weight excluding hydrogens is 220 g/mol.